The Labute approximate surface area is 129 Å². The van der Waals surface area contributed by atoms with E-state index >= 15 is 0 Å². The third-order valence-electron chi connectivity index (χ3n) is 2.93. The van der Waals surface area contributed by atoms with Gasteiger partial charge in [0, 0.05) is 11.9 Å². The Morgan fingerprint density at radius 3 is 2.00 bits per heavy atom. The summed E-state index contributed by atoms with van der Waals surface area (Å²) in [6.07, 6.45) is 4.94. The highest BCUT2D eigenvalue weighted by Gasteiger charge is 2.51. The van der Waals surface area contributed by atoms with Crippen molar-refractivity contribution in [1.82, 2.24) is 4.31 Å². The van der Waals surface area contributed by atoms with E-state index in [0.717, 1.165) is 4.31 Å². The summed E-state index contributed by atoms with van der Waals surface area (Å²) in [6, 6.07) is 0. The number of hydrogen-bond donors (Lipinski definition) is 0. The molecule has 2 aliphatic rings. The second-order valence-electron chi connectivity index (χ2n) is 4.08. The molecule has 0 spiro atoms. The first-order valence-electron chi connectivity index (χ1n) is 5.22. The van der Waals surface area contributed by atoms with Gasteiger partial charge in [-0.1, -0.05) is 35.4 Å². The summed E-state index contributed by atoms with van der Waals surface area (Å²) in [4.78, 5) is 23.1. The first kappa shape index (κ1) is 14.8. The van der Waals surface area contributed by atoms with Gasteiger partial charge in [-0.15, -0.1) is 23.2 Å². The minimum Gasteiger partial charge on any atom is -0.273 e. The Hall–Kier alpha value is 0.390. The molecule has 1 fully saturated rings. The number of hydrogen-bond acceptors (Lipinski definition) is 3. The SMILES string of the molecule is O=C1[C@H]2CC=CC[C@H]2C(=O)N1SC(Cl)(Cl)C(Cl)Cl. The normalized spacial score (nSPS) is 28.2. The van der Waals surface area contributed by atoms with Crippen molar-refractivity contribution in [1.29, 1.82) is 0 Å². The topological polar surface area (TPSA) is 37.4 Å². The molecule has 2 rings (SSSR count). The van der Waals surface area contributed by atoms with E-state index in [1.807, 2.05) is 12.2 Å². The molecule has 100 valence electrons. The third kappa shape index (κ3) is 2.63. The molecule has 0 aromatic rings. The molecule has 0 aromatic heterocycles. The lowest BCUT2D eigenvalue weighted by atomic mass is 9.85. The predicted octanol–water partition coefficient (Wildman–Crippen LogP) is 3.52. The number of fused-ring (bicyclic) bond motifs is 1. The lowest BCUT2D eigenvalue weighted by Gasteiger charge is -2.24. The molecule has 8 heteroatoms. The van der Waals surface area contributed by atoms with Crippen molar-refractivity contribution in [3.05, 3.63) is 12.2 Å². The fraction of sp³-hybridized carbons (Fsp3) is 0.600. The van der Waals surface area contributed by atoms with Crippen LogP contribution < -0.4 is 0 Å². The van der Waals surface area contributed by atoms with E-state index in [1.54, 1.807) is 0 Å². The summed E-state index contributed by atoms with van der Waals surface area (Å²) in [6.45, 7) is 0. The van der Waals surface area contributed by atoms with E-state index in [1.165, 1.54) is 0 Å². The summed E-state index contributed by atoms with van der Waals surface area (Å²) in [7, 11) is 0. The zero-order chi connectivity index (χ0) is 13.5. The molecular weight excluding hydrogens is 340 g/mol. The van der Waals surface area contributed by atoms with Gasteiger partial charge in [-0.05, 0) is 12.8 Å². The molecule has 1 aliphatic heterocycles. The Morgan fingerprint density at radius 1 is 1.17 bits per heavy atom. The number of carbonyl (C=O) groups is 2. The van der Waals surface area contributed by atoms with Crippen molar-refractivity contribution >= 4 is 70.2 Å². The summed E-state index contributed by atoms with van der Waals surface area (Å²) in [5.41, 5.74) is 0. The van der Waals surface area contributed by atoms with Crippen molar-refractivity contribution in [2.24, 2.45) is 11.8 Å². The average Bonchev–Trinajstić information content (AvgIpc) is 2.55. The number of amides is 2. The average molecular weight is 349 g/mol. The van der Waals surface area contributed by atoms with E-state index in [2.05, 4.69) is 0 Å². The quantitative estimate of drug-likeness (QED) is 0.339. The van der Waals surface area contributed by atoms with Gasteiger partial charge in [0.2, 0.25) is 15.5 Å². The number of rotatable bonds is 3. The molecule has 2 amide bonds. The Kier molecular flexibility index (Phi) is 4.44. The smallest absolute Gasteiger partial charge is 0.243 e. The molecular formula is C10H9Cl4NO2S. The summed E-state index contributed by atoms with van der Waals surface area (Å²) in [5.74, 6) is -1.19. The minimum absolute atomic E-state index is 0.279. The summed E-state index contributed by atoms with van der Waals surface area (Å²) >= 11 is 23.7. The van der Waals surface area contributed by atoms with Gasteiger partial charge in [-0.3, -0.25) is 9.59 Å². The van der Waals surface area contributed by atoms with Crippen LogP contribution in [-0.2, 0) is 9.59 Å². The van der Waals surface area contributed by atoms with E-state index in [-0.39, 0.29) is 23.7 Å². The number of carbonyl (C=O) groups excluding carboxylic acids is 2. The van der Waals surface area contributed by atoms with Crippen LogP contribution in [0, 0.1) is 11.8 Å². The van der Waals surface area contributed by atoms with Crippen LogP contribution >= 0.6 is 58.4 Å². The zero-order valence-electron chi connectivity index (χ0n) is 8.98. The summed E-state index contributed by atoms with van der Waals surface area (Å²) in [5, 5.41) is 0. The molecule has 0 aromatic carbocycles. The Bertz CT molecular complexity index is 387. The van der Waals surface area contributed by atoms with Gasteiger partial charge >= 0.3 is 0 Å². The fourth-order valence-corrected chi connectivity index (χ4v) is 3.45. The van der Waals surface area contributed by atoms with Crippen LogP contribution in [0.5, 0.6) is 0 Å². The van der Waals surface area contributed by atoms with Gasteiger partial charge in [0.05, 0.1) is 11.8 Å². The van der Waals surface area contributed by atoms with Crippen LogP contribution in [0.3, 0.4) is 0 Å². The number of alkyl halides is 4. The Balaban J connectivity index is 2.16. The predicted molar refractivity (Wildman–Crippen MR) is 74.7 cm³/mol. The molecule has 3 nitrogen and oxygen atoms in total. The van der Waals surface area contributed by atoms with Gasteiger partial charge in [0.1, 0.15) is 0 Å². The van der Waals surface area contributed by atoms with Crippen LogP contribution in [0.4, 0.5) is 0 Å². The largest absolute Gasteiger partial charge is 0.273 e. The van der Waals surface area contributed by atoms with Crippen molar-refractivity contribution < 1.29 is 9.59 Å². The van der Waals surface area contributed by atoms with Gasteiger partial charge in [-0.25, -0.2) is 4.31 Å². The highest BCUT2D eigenvalue weighted by atomic mass is 35.5. The van der Waals surface area contributed by atoms with Crippen LogP contribution in [-0.4, -0.2) is 24.6 Å². The third-order valence-corrected chi connectivity index (χ3v) is 6.17. The molecule has 1 saturated heterocycles. The van der Waals surface area contributed by atoms with Crippen molar-refractivity contribution in [2.75, 3.05) is 0 Å². The van der Waals surface area contributed by atoms with Gasteiger partial charge < -0.3 is 0 Å². The van der Waals surface area contributed by atoms with Gasteiger partial charge in [0.25, 0.3) is 0 Å². The maximum absolute atomic E-state index is 12.1. The maximum Gasteiger partial charge on any atom is 0.243 e. The molecule has 0 saturated carbocycles. The van der Waals surface area contributed by atoms with Crippen molar-refractivity contribution in [2.45, 2.75) is 21.3 Å². The monoisotopic (exact) mass is 347 g/mol. The van der Waals surface area contributed by atoms with E-state index in [4.69, 9.17) is 46.4 Å². The van der Waals surface area contributed by atoms with Crippen molar-refractivity contribution in [3.8, 4) is 0 Å². The number of imide groups is 1. The molecule has 0 bridgehead atoms. The Morgan fingerprint density at radius 2 is 1.61 bits per heavy atom. The lowest BCUT2D eigenvalue weighted by Crippen LogP contribution is -2.31. The second-order valence-corrected chi connectivity index (χ2v) is 8.20. The highest BCUT2D eigenvalue weighted by Crippen LogP contribution is 2.48. The van der Waals surface area contributed by atoms with Crippen LogP contribution in [0.15, 0.2) is 12.2 Å². The van der Waals surface area contributed by atoms with Gasteiger partial charge in [0.15, 0.2) is 4.84 Å². The first-order valence-corrected chi connectivity index (χ1v) is 7.62. The second kappa shape index (κ2) is 5.41. The molecule has 0 radical (unpaired) electrons. The minimum atomic E-state index is -1.63. The van der Waals surface area contributed by atoms with Crippen LogP contribution in [0.25, 0.3) is 0 Å². The molecule has 0 unspecified atom stereocenters. The van der Waals surface area contributed by atoms with Crippen LogP contribution in [0.2, 0.25) is 0 Å². The fourth-order valence-electron chi connectivity index (χ4n) is 2.02. The van der Waals surface area contributed by atoms with E-state index in [9.17, 15) is 9.59 Å². The van der Waals surface area contributed by atoms with E-state index < -0.39 is 8.50 Å². The van der Waals surface area contributed by atoms with Crippen LogP contribution in [0.1, 0.15) is 12.8 Å². The zero-order valence-corrected chi connectivity index (χ0v) is 12.8. The highest BCUT2D eigenvalue weighted by molar-refractivity contribution is 8.02. The molecule has 1 heterocycles. The molecule has 1 aliphatic carbocycles. The molecule has 2 atom stereocenters. The standard InChI is InChI=1S/C10H9Cl4NO2S/c11-9(12)10(13,14)18-15-7(16)5-3-1-2-4-6(5)8(15)17/h1-2,5-6,9H,3-4H2/t5-,6+. The number of allylic oxidation sites excluding steroid dienone is 2. The number of halogens is 4. The number of nitrogens with zero attached hydrogens (tertiary/aromatic N) is 1. The molecule has 0 N–H and O–H groups in total. The first-order chi connectivity index (χ1) is 8.34. The lowest BCUT2D eigenvalue weighted by molar-refractivity contribution is -0.133. The van der Waals surface area contributed by atoms with Crippen molar-refractivity contribution in [3.63, 3.8) is 0 Å². The maximum atomic E-state index is 12.1. The van der Waals surface area contributed by atoms with Gasteiger partial charge in [-0.2, -0.15) is 0 Å². The molecule has 18 heavy (non-hydrogen) atoms. The van der Waals surface area contributed by atoms with E-state index in [0.29, 0.717) is 24.8 Å². The summed E-state index contributed by atoms with van der Waals surface area (Å²) < 4.78 is -0.630.